The highest BCUT2D eigenvalue weighted by atomic mass is 16.2. The zero-order valence-corrected chi connectivity index (χ0v) is 13.9. The van der Waals surface area contributed by atoms with E-state index in [1.54, 1.807) is 0 Å². The van der Waals surface area contributed by atoms with Crippen LogP contribution in [-0.2, 0) is 4.79 Å². The van der Waals surface area contributed by atoms with Crippen LogP contribution in [0.25, 0.3) is 0 Å². The highest BCUT2D eigenvalue weighted by Crippen LogP contribution is 2.42. The fraction of sp³-hybridized carbons (Fsp3) is 0.944. The molecule has 4 nitrogen and oxygen atoms in total. The lowest BCUT2D eigenvalue weighted by Crippen LogP contribution is -2.50. The molecule has 2 N–H and O–H groups in total. The lowest BCUT2D eigenvalue weighted by molar-refractivity contribution is -0.139. The highest BCUT2D eigenvalue weighted by molar-refractivity contribution is 5.79. The molecule has 4 bridgehead atoms. The van der Waals surface area contributed by atoms with E-state index in [1.807, 2.05) is 0 Å². The average Bonchev–Trinajstić information content (AvgIpc) is 2.71. The lowest BCUT2D eigenvalue weighted by Gasteiger charge is -2.44. The van der Waals surface area contributed by atoms with Crippen molar-refractivity contribution in [3.8, 4) is 0 Å². The number of rotatable bonds is 1. The third kappa shape index (κ3) is 2.48. The maximum Gasteiger partial charge on any atom is 0.225 e. The molecular formula is C18H31N3O. The number of hydrogen-bond donors (Lipinski definition) is 1. The molecule has 4 unspecified atom stereocenters. The van der Waals surface area contributed by atoms with Gasteiger partial charge in [-0.3, -0.25) is 9.69 Å². The molecule has 22 heavy (non-hydrogen) atoms. The zero-order valence-electron chi connectivity index (χ0n) is 13.9. The predicted molar refractivity (Wildman–Crippen MR) is 87.3 cm³/mol. The Morgan fingerprint density at radius 2 is 1.68 bits per heavy atom. The number of hydrogen-bond acceptors (Lipinski definition) is 3. The van der Waals surface area contributed by atoms with Crippen LogP contribution in [0.15, 0.2) is 0 Å². The number of amides is 1. The first kappa shape index (κ1) is 14.9. The van der Waals surface area contributed by atoms with Crippen molar-refractivity contribution in [2.45, 2.75) is 69.5 Å². The molecular weight excluding hydrogens is 274 g/mol. The summed E-state index contributed by atoms with van der Waals surface area (Å²) in [6, 6.07) is 1.67. The lowest BCUT2D eigenvalue weighted by atomic mass is 9.65. The fourth-order valence-electron chi connectivity index (χ4n) is 5.76. The van der Waals surface area contributed by atoms with Crippen LogP contribution < -0.4 is 5.73 Å². The van der Waals surface area contributed by atoms with Gasteiger partial charge in [-0.1, -0.05) is 6.42 Å². The maximum atomic E-state index is 13.1. The van der Waals surface area contributed by atoms with E-state index in [9.17, 15) is 4.79 Å². The van der Waals surface area contributed by atoms with Crippen LogP contribution in [0.2, 0.25) is 0 Å². The van der Waals surface area contributed by atoms with Crippen molar-refractivity contribution in [1.29, 1.82) is 0 Å². The third-order valence-electron chi connectivity index (χ3n) is 7.22. The van der Waals surface area contributed by atoms with Crippen molar-refractivity contribution in [3.05, 3.63) is 0 Å². The summed E-state index contributed by atoms with van der Waals surface area (Å²) in [4.78, 5) is 17.8. The van der Waals surface area contributed by atoms with Crippen molar-refractivity contribution in [2.24, 2.45) is 23.5 Å². The molecule has 0 radical (unpaired) electrons. The number of carbonyl (C=O) groups is 1. The topological polar surface area (TPSA) is 49.6 Å². The van der Waals surface area contributed by atoms with Gasteiger partial charge in [-0.05, 0) is 63.8 Å². The van der Waals surface area contributed by atoms with Gasteiger partial charge in [-0.15, -0.1) is 0 Å². The second kappa shape index (κ2) is 5.79. The minimum atomic E-state index is 0.261. The number of carbonyl (C=O) groups excluding carboxylic acids is 1. The first-order valence-corrected chi connectivity index (χ1v) is 9.39. The minimum absolute atomic E-state index is 0.261. The van der Waals surface area contributed by atoms with Crippen LogP contribution in [0.3, 0.4) is 0 Å². The number of likely N-dealkylation sites (tertiary alicyclic amines) is 1. The van der Waals surface area contributed by atoms with Crippen molar-refractivity contribution in [2.75, 3.05) is 20.1 Å². The third-order valence-corrected chi connectivity index (χ3v) is 7.22. The van der Waals surface area contributed by atoms with Crippen LogP contribution in [0, 0.1) is 17.8 Å². The number of likely N-dealkylation sites (N-methyl/N-ethyl adjacent to an activating group) is 1. The molecule has 2 heterocycles. The summed E-state index contributed by atoms with van der Waals surface area (Å²) in [5, 5.41) is 0. The second-order valence-electron chi connectivity index (χ2n) is 8.32. The van der Waals surface area contributed by atoms with Gasteiger partial charge in [-0.25, -0.2) is 0 Å². The Balaban J connectivity index is 1.44. The second-order valence-corrected chi connectivity index (χ2v) is 8.32. The molecule has 4 rings (SSSR count). The van der Waals surface area contributed by atoms with Gasteiger partial charge in [0.15, 0.2) is 0 Å². The van der Waals surface area contributed by atoms with Crippen molar-refractivity contribution >= 4 is 5.91 Å². The molecule has 2 aliphatic carbocycles. The number of nitrogens with zero attached hydrogens (tertiary/aromatic N) is 2. The van der Waals surface area contributed by atoms with Crippen molar-refractivity contribution in [3.63, 3.8) is 0 Å². The van der Waals surface area contributed by atoms with Gasteiger partial charge in [0.2, 0.25) is 5.91 Å². The molecule has 0 aromatic rings. The average molecular weight is 305 g/mol. The van der Waals surface area contributed by atoms with Crippen molar-refractivity contribution in [1.82, 2.24) is 9.80 Å². The molecule has 2 aliphatic heterocycles. The van der Waals surface area contributed by atoms with Gasteiger partial charge in [0.25, 0.3) is 0 Å². The summed E-state index contributed by atoms with van der Waals surface area (Å²) in [5.74, 6) is 1.92. The molecule has 0 aromatic carbocycles. The molecule has 124 valence electrons. The first-order valence-electron chi connectivity index (χ1n) is 9.39. The smallest absolute Gasteiger partial charge is 0.225 e. The Morgan fingerprint density at radius 3 is 2.41 bits per heavy atom. The molecule has 4 heteroatoms. The summed E-state index contributed by atoms with van der Waals surface area (Å²) in [6.07, 6.45) is 9.68. The Bertz CT molecular complexity index is 417. The Kier molecular flexibility index (Phi) is 3.93. The van der Waals surface area contributed by atoms with E-state index in [1.165, 1.54) is 32.1 Å². The predicted octanol–water partition coefficient (Wildman–Crippen LogP) is 1.84. The quantitative estimate of drug-likeness (QED) is 0.804. The molecule has 4 fully saturated rings. The van der Waals surface area contributed by atoms with Crippen LogP contribution in [0.4, 0.5) is 0 Å². The molecule has 1 amide bonds. The molecule has 4 aliphatic rings. The summed E-state index contributed by atoms with van der Waals surface area (Å²) in [5.41, 5.74) is 6.39. The Morgan fingerprint density at radius 1 is 1.00 bits per heavy atom. The SMILES string of the molecule is CN1C2CCC1CN(C(=O)C1CC3CCCC(C1)C3N)CC2. The summed E-state index contributed by atoms with van der Waals surface area (Å²) in [6.45, 7) is 1.94. The fourth-order valence-corrected chi connectivity index (χ4v) is 5.76. The first-order chi connectivity index (χ1) is 10.6. The van der Waals surface area contributed by atoms with E-state index in [2.05, 4.69) is 16.8 Å². The monoisotopic (exact) mass is 305 g/mol. The van der Waals surface area contributed by atoms with E-state index in [-0.39, 0.29) is 5.92 Å². The molecule has 0 spiro atoms. The van der Waals surface area contributed by atoms with Crippen LogP contribution >= 0.6 is 0 Å². The van der Waals surface area contributed by atoms with E-state index < -0.39 is 0 Å². The van der Waals surface area contributed by atoms with Crippen LogP contribution in [0.1, 0.15) is 51.4 Å². The largest absolute Gasteiger partial charge is 0.341 e. The molecule has 2 saturated carbocycles. The Hall–Kier alpha value is -0.610. The number of fused-ring (bicyclic) bond motifs is 4. The van der Waals surface area contributed by atoms with E-state index in [4.69, 9.17) is 5.73 Å². The van der Waals surface area contributed by atoms with Gasteiger partial charge < -0.3 is 10.6 Å². The van der Waals surface area contributed by atoms with Gasteiger partial charge in [0.05, 0.1) is 0 Å². The van der Waals surface area contributed by atoms with Crippen LogP contribution in [0.5, 0.6) is 0 Å². The van der Waals surface area contributed by atoms with Gasteiger partial charge in [-0.2, -0.15) is 0 Å². The molecule has 0 aromatic heterocycles. The minimum Gasteiger partial charge on any atom is -0.341 e. The maximum absolute atomic E-state index is 13.1. The van der Waals surface area contributed by atoms with Gasteiger partial charge >= 0.3 is 0 Å². The summed E-state index contributed by atoms with van der Waals surface area (Å²) in [7, 11) is 2.25. The Labute approximate surface area is 134 Å². The summed E-state index contributed by atoms with van der Waals surface area (Å²) >= 11 is 0. The normalized spacial score (nSPS) is 45.6. The highest BCUT2D eigenvalue weighted by Gasteiger charge is 2.43. The van der Waals surface area contributed by atoms with Gasteiger partial charge in [0.1, 0.15) is 0 Å². The van der Waals surface area contributed by atoms with Crippen molar-refractivity contribution < 1.29 is 4.79 Å². The molecule has 4 atom stereocenters. The van der Waals surface area contributed by atoms with E-state index in [0.717, 1.165) is 32.4 Å². The van der Waals surface area contributed by atoms with Crippen LogP contribution in [-0.4, -0.2) is 54.0 Å². The summed E-state index contributed by atoms with van der Waals surface area (Å²) < 4.78 is 0. The van der Waals surface area contributed by atoms with E-state index >= 15 is 0 Å². The number of nitrogens with two attached hydrogens (primary N) is 1. The standard InChI is InChI=1S/C18H31N3O/c1-20-15-5-6-16(20)11-21(8-7-15)18(22)14-9-12-3-2-4-13(10-14)17(12)19/h12-17H,2-11,19H2,1H3. The zero-order chi connectivity index (χ0) is 15.3. The molecule has 2 saturated heterocycles. The van der Waals surface area contributed by atoms with E-state index in [0.29, 0.717) is 35.9 Å². The van der Waals surface area contributed by atoms with Gasteiger partial charge in [0, 0.05) is 37.1 Å².